The Kier molecular flexibility index (Phi) is 3.67. The highest BCUT2D eigenvalue weighted by atomic mass is 35.5. The lowest BCUT2D eigenvalue weighted by Gasteiger charge is -2.33. The van der Waals surface area contributed by atoms with E-state index in [1.165, 1.54) is 0 Å². The normalized spacial score (nSPS) is 27.0. The molecule has 0 spiro atoms. The molecule has 108 valence electrons. The first kappa shape index (κ1) is 14.1. The lowest BCUT2D eigenvalue weighted by atomic mass is 9.93. The SMILES string of the molecule is Cc1cc(Cl)cc(Cl)c1C1C(=O)N2CCCCN2C1O. The molecule has 0 saturated carbocycles. The third-order valence-electron chi connectivity index (χ3n) is 4.05. The molecular formula is C14H16Cl2N2O2. The van der Waals surface area contributed by atoms with Crippen molar-refractivity contribution in [1.29, 1.82) is 0 Å². The number of hydrogen-bond donors (Lipinski definition) is 1. The molecule has 20 heavy (non-hydrogen) atoms. The van der Waals surface area contributed by atoms with E-state index in [0.29, 0.717) is 28.7 Å². The number of hydrazine groups is 1. The number of rotatable bonds is 1. The molecule has 0 aliphatic carbocycles. The highest BCUT2D eigenvalue weighted by molar-refractivity contribution is 6.35. The van der Waals surface area contributed by atoms with Gasteiger partial charge in [-0.1, -0.05) is 23.2 Å². The Morgan fingerprint density at radius 1 is 1.25 bits per heavy atom. The molecule has 2 aliphatic rings. The van der Waals surface area contributed by atoms with Crippen LogP contribution in [0.2, 0.25) is 10.0 Å². The highest BCUT2D eigenvalue weighted by Crippen LogP contribution is 2.40. The van der Waals surface area contributed by atoms with Gasteiger partial charge in [0.1, 0.15) is 12.1 Å². The summed E-state index contributed by atoms with van der Waals surface area (Å²) in [6.07, 6.45) is 1.11. The van der Waals surface area contributed by atoms with Crippen molar-refractivity contribution in [3.63, 3.8) is 0 Å². The molecule has 0 radical (unpaired) electrons. The molecule has 2 fully saturated rings. The van der Waals surface area contributed by atoms with Crippen LogP contribution in [0.3, 0.4) is 0 Å². The van der Waals surface area contributed by atoms with Gasteiger partial charge in [0, 0.05) is 23.1 Å². The smallest absolute Gasteiger partial charge is 0.248 e. The van der Waals surface area contributed by atoms with Gasteiger partial charge in [-0.25, -0.2) is 0 Å². The van der Waals surface area contributed by atoms with Gasteiger partial charge in [-0.15, -0.1) is 0 Å². The van der Waals surface area contributed by atoms with Gasteiger partial charge < -0.3 is 5.11 Å². The van der Waals surface area contributed by atoms with Crippen molar-refractivity contribution in [3.05, 3.63) is 33.3 Å². The summed E-state index contributed by atoms with van der Waals surface area (Å²) in [6, 6.07) is 3.40. The van der Waals surface area contributed by atoms with E-state index in [1.807, 2.05) is 6.92 Å². The van der Waals surface area contributed by atoms with Crippen LogP contribution in [0.5, 0.6) is 0 Å². The standard InChI is InChI=1S/C14H16Cl2N2O2/c1-8-6-9(15)7-10(16)11(8)12-13(19)17-4-2-3-5-18(17)14(12)20/h6-7,12-13,19H,2-5H2,1H3. The van der Waals surface area contributed by atoms with Gasteiger partial charge in [0.05, 0.1) is 0 Å². The lowest BCUT2D eigenvalue weighted by molar-refractivity contribution is -0.148. The van der Waals surface area contributed by atoms with Gasteiger partial charge in [0.15, 0.2) is 0 Å². The average Bonchev–Trinajstić information content (AvgIpc) is 2.64. The monoisotopic (exact) mass is 314 g/mol. The van der Waals surface area contributed by atoms with Crippen molar-refractivity contribution in [1.82, 2.24) is 10.0 Å². The summed E-state index contributed by atoms with van der Waals surface area (Å²) in [6.45, 7) is 3.23. The lowest BCUT2D eigenvalue weighted by Crippen LogP contribution is -2.46. The number of carbonyl (C=O) groups excluding carboxylic acids is 1. The Bertz CT molecular complexity index is 541. The maximum atomic E-state index is 12.6. The number of halogens is 2. The van der Waals surface area contributed by atoms with E-state index in [2.05, 4.69) is 0 Å². The Morgan fingerprint density at radius 3 is 2.60 bits per heavy atom. The van der Waals surface area contributed by atoms with Crippen LogP contribution in [-0.2, 0) is 4.79 Å². The molecule has 2 heterocycles. The van der Waals surface area contributed by atoms with E-state index in [9.17, 15) is 9.90 Å². The molecule has 2 atom stereocenters. The number of amides is 1. The van der Waals surface area contributed by atoms with Crippen LogP contribution in [0.1, 0.15) is 29.9 Å². The Hall–Kier alpha value is -0.810. The second-order valence-electron chi connectivity index (χ2n) is 5.34. The van der Waals surface area contributed by atoms with Crippen LogP contribution in [0.25, 0.3) is 0 Å². The summed E-state index contributed by atoms with van der Waals surface area (Å²) in [4.78, 5) is 12.6. The number of aliphatic hydroxyl groups excluding tert-OH is 1. The number of nitrogens with zero attached hydrogens (tertiary/aromatic N) is 2. The molecule has 2 aliphatic heterocycles. The molecule has 3 rings (SSSR count). The van der Waals surface area contributed by atoms with Crippen LogP contribution >= 0.6 is 23.2 Å². The summed E-state index contributed by atoms with van der Waals surface area (Å²) in [7, 11) is 0. The Labute approximate surface area is 127 Å². The second-order valence-corrected chi connectivity index (χ2v) is 6.18. The van der Waals surface area contributed by atoms with Crippen LogP contribution in [-0.4, -0.2) is 40.3 Å². The number of fused-ring (bicyclic) bond motifs is 1. The summed E-state index contributed by atoms with van der Waals surface area (Å²) in [5, 5.41) is 14.9. The molecule has 4 nitrogen and oxygen atoms in total. The number of hydrogen-bond acceptors (Lipinski definition) is 3. The minimum atomic E-state index is -0.847. The maximum Gasteiger partial charge on any atom is 0.248 e. The second kappa shape index (κ2) is 5.19. The molecule has 1 aromatic rings. The molecule has 2 saturated heterocycles. The fourth-order valence-corrected chi connectivity index (χ4v) is 3.85. The van der Waals surface area contributed by atoms with Gasteiger partial charge in [-0.2, -0.15) is 5.01 Å². The first-order valence-electron chi connectivity index (χ1n) is 6.72. The third-order valence-corrected chi connectivity index (χ3v) is 4.58. The highest BCUT2D eigenvalue weighted by Gasteiger charge is 2.48. The van der Waals surface area contributed by atoms with Gasteiger partial charge in [-0.05, 0) is 43.0 Å². The van der Waals surface area contributed by atoms with Crippen molar-refractivity contribution in [2.75, 3.05) is 13.1 Å². The summed E-state index contributed by atoms with van der Waals surface area (Å²) < 4.78 is 0. The summed E-state index contributed by atoms with van der Waals surface area (Å²) in [5.41, 5.74) is 1.52. The predicted octanol–water partition coefficient (Wildman–Crippen LogP) is 2.56. The zero-order valence-electron chi connectivity index (χ0n) is 11.1. The van der Waals surface area contributed by atoms with Crippen LogP contribution in [0.4, 0.5) is 0 Å². The summed E-state index contributed by atoms with van der Waals surface area (Å²) >= 11 is 12.2. The number of aliphatic hydroxyl groups is 1. The van der Waals surface area contributed by atoms with Crippen molar-refractivity contribution in [2.24, 2.45) is 0 Å². The fraction of sp³-hybridized carbons (Fsp3) is 0.500. The minimum absolute atomic E-state index is 0.0791. The first-order valence-corrected chi connectivity index (χ1v) is 7.48. The summed E-state index contributed by atoms with van der Waals surface area (Å²) in [5.74, 6) is -0.706. The van der Waals surface area contributed by atoms with Crippen molar-refractivity contribution >= 4 is 29.1 Å². The third kappa shape index (κ3) is 2.11. The van der Waals surface area contributed by atoms with Gasteiger partial charge in [-0.3, -0.25) is 9.80 Å². The van der Waals surface area contributed by atoms with Crippen molar-refractivity contribution in [3.8, 4) is 0 Å². The number of carbonyl (C=O) groups is 1. The molecule has 2 unspecified atom stereocenters. The van der Waals surface area contributed by atoms with Gasteiger partial charge in [0.25, 0.3) is 0 Å². The Balaban J connectivity index is 2.04. The van der Waals surface area contributed by atoms with Crippen LogP contribution in [0.15, 0.2) is 12.1 Å². The minimum Gasteiger partial charge on any atom is -0.375 e. The zero-order chi connectivity index (χ0) is 14.4. The molecule has 1 N–H and O–H groups in total. The molecule has 6 heteroatoms. The van der Waals surface area contributed by atoms with E-state index in [-0.39, 0.29) is 5.91 Å². The number of aryl methyl sites for hydroxylation is 1. The van der Waals surface area contributed by atoms with Crippen molar-refractivity contribution < 1.29 is 9.90 Å². The molecule has 0 bridgehead atoms. The predicted molar refractivity (Wildman–Crippen MR) is 77.6 cm³/mol. The largest absolute Gasteiger partial charge is 0.375 e. The maximum absolute atomic E-state index is 12.6. The molecule has 0 aromatic heterocycles. The topological polar surface area (TPSA) is 43.8 Å². The van der Waals surface area contributed by atoms with E-state index in [0.717, 1.165) is 18.4 Å². The molecular weight excluding hydrogens is 299 g/mol. The van der Waals surface area contributed by atoms with Crippen LogP contribution < -0.4 is 0 Å². The average molecular weight is 315 g/mol. The van der Waals surface area contributed by atoms with Gasteiger partial charge >= 0.3 is 0 Å². The number of benzene rings is 1. The zero-order valence-corrected chi connectivity index (χ0v) is 12.7. The van der Waals surface area contributed by atoms with E-state index < -0.39 is 12.1 Å². The van der Waals surface area contributed by atoms with E-state index in [1.54, 1.807) is 22.2 Å². The molecule has 1 amide bonds. The first-order chi connectivity index (χ1) is 9.50. The fourth-order valence-electron chi connectivity index (χ4n) is 3.14. The van der Waals surface area contributed by atoms with E-state index in [4.69, 9.17) is 23.2 Å². The quantitative estimate of drug-likeness (QED) is 0.866. The van der Waals surface area contributed by atoms with Crippen molar-refractivity contribution in [2.45, 2.75) is 31.9 Å². The van der Waals surface area contributed by atoms with Crippen LogP contribution in [0, 0.1) is 6.92 Å². The Morgan fingerprint density at radius 2 is 1.95 bits per heavy atom. The van der Waals surface area contributed by atoms with E-state index >= 15 is 0 Å². The molecule has 1 aromatic carbocycles. The van der Waals surface area contributed by atoms with Gasteiger partial charge in [0.2, 0.25) is 5.91 Å².